The number of likely N-dealkylation sites (tertiary alicyclic amines) is 1. The number of carbonyl (C=O) groups is 2. The zero-order valence-corrected chi connectivity index (χ0v) is 16.6. The molecule has 3 amide bonds. The van der Waals surface area contributed by atoms with E-state index in [4.69, 9.17) is 11.6 Å². The number of nitrogens with one attached hydrogen (secondary N) is 3. The van der Waals surface area contributed by atoms with Crippen LogP contribution in [0.3, 0.4) is 0 Å². The lowest BCUT2D eigenvalue weighted by Crippen LogP contribution is -3.11. The molecule has 27 heavy (non-hydrogen) atoms. The molecule has 0 aliphatic carbocycles. The van der Waals surface area contributed by atoms with E-state index < -0.39 is 0 Å². The maximum Gasteiger partial charge on any atom is 0.315 e. The summed E-state index contributed by atoms with van der Waals surface area (Å²) in [6.07, 6.45) is 6.68. The molecule has 2 aliphatic rings. The summed E-state index contributed by atoms with van der Waals surface area (Å²) in [4.78, 5) is 27.7. The maximum absolute atomic E-state index is 12.2. The Kier molecular flexibility index (Phi) is 7.35. The van der Waals surface area contributed by atoms with E-state index in [0.717, 1.165) is 18.7 Å². The highest BCUT2D eigenvalue weighted by Gasteiger charge is 2.31. The normalized spacial score (nSPS) is 21.1. The molecule has 1 aromatic rings. The third-order valence-electron chi connectivity index (χ3n) is 5.40. The summed E-state index contributed by atoms with van der Waals surface area (Å²) in [6.45, 7) is 4.81. The summed E-state index contributed by atoms with van der Waals surface area (Å²) >= 11 is 5.90. The van der Waals surface area contributed by atoms with Crippen LogP contribution in [0.4, 0.5) is 10.5 Å². The van der Waals surface area contributed by atoms with Crippen molar-refractivity contribution in [3.63, 3.8) is 0 Å². The Morgan fingerprint density at radius 3 is 2.56 bits per heavy atom. The van der Waals surface area contributed by atoms with Crippen molar-refractivity contribution >= 4 is 29.2 Å². The Morgan fingerprint density at radius 2 is 1.85 bits per heavy atom. The summed E-state index contributed by atoms with van der Waals surface area (Å²) < 4.78 is 0. The van der Waals surface area contributed by atoms with Crippen molar-refractivity contribution in [3.8, 4) is 0 Å². The van der Waals surface area contributed by atoms with Crippen molar-refractivity contribution in [2.24, 2.45) is 0 Å². The second-order valence-electron chi connectivity index (χ2n) is 7.55. The highest BCUT2D eigenvalue weighted by Crippen LogP contribution is 2.23. The number of amides is 3. The van der Waals surface area contributed by atoms with Gasteiger partial charge in [-0.2, -0.15) is 0 Å². The highest BCUT2D eigenvalue weighted by atomic mass is 35.5. The minimum atomic E-state index is -0.184. The Labute approximate surface area is 166 Å². The number of benzene rings is 1. The van der Waals surface area contributed by atoms with Gasteiger partial charge in [-0.25, -0.2) is 4.79 Å². The molecule has 2 aliphatic heterocycles. The third kappa shape index (κ3) is 6.11. The molecule has 0 bridgehead atoms. The van der Waals surface area contributed by atoms with Gasteiger partial charge in [0.25, 0.3) is 0 Å². The van der Waals surface area contributed by atoms with Gasteiger partial charge in [-0.1, -0.05) is 11.6 Å². The molecule has 2 heterocycles. The minimum Gasteiger partial charge on any atom is -0.338 e. The Balaban J connectivity index is 1.35. The van der Waals surface area contributed by atoms with Gasteiger partial charge in [0.05, 0.1) is 25.7 Å². The van der Waals surface area contributed by atoms with Crippen LogP contribution in [0.15, 0.2) is 24.3 Å². The monoisotopic (exact) mass is 393 g/mol. The van der Waals surface area contributed by atoms with Gasteiger partial charge < -0.3 is 20.4 Å². The first kappa shape index (κ1) is 20.0. The summed E-state index contributed by atoms with van der Waals surface area (Å²) in [5.74, 6) is 0.0207. The first-order chi connectivity index (χ1) is 13.1. The van der Waals surface area contributed by atoms with Gasteiger partial charge in [-0.05, 0) is 49.9 Å². The van der Waals surface area contributed by atoms with Crippen molar-refractivity contribution < 1.29 is 14.5 Å². The molecule has 2 fully saturated rings. The van der Waals surface area contributed by atoms with Gasteiger partial charge >= 0.3 is 6.03 Å². The predicted molar refractivity (Wildman–Crippen MR) is 107 cm³/mol. The van der Waals surface area contributed by atoms with E-state index in [-0.39, 0.29) is 18.0 Å². The predicted octanol–water partition coefficient (Wildman–Crippen LogP) is 1.59. The number of carbonyl (C=O) groups excluding carboxylic acids is 2. The quantitative estimate of drug-likeness (QED) is 0.642. The van der Waals surface area contributed by atoms with Crippen LogP contribution in [-0.4, -0.2) is 50.7 Å². The average Bonchev–Trinajstić information content (AvgIpc) is 2.84. The van der Waals surface area contributed by atoms with Crippen molar-refractivity contribution in [2.75, 3.05) is 37.6 Å². The number of anilines is 1. The molecule has 148 valence electrons. The molecule has 2 saturated heterocycles. The number of quaternary nitrogens is 1. The highest BCUT2D eigenvalue weighted by molar-refractivity contribution is 6.30. The van der Waals surface area contributed by atoms with E-state index in [0.29, 0.717) is 24.5 Å². The van der Waals surface area contributed by atoms with Gasteiger partial charge in [0.15, 0.2) is 0 Å². The van der Waals surface area contributed by atoms with E-state index >= 15 is 0 Å². The lowest BCUT2D eigenvalue weighted by atomic mass is 10.2. The van der Waals surface area contributed by atoms with Gasteiger partial charge in [0.1, 0.15) is 0 Å². The molecular weight excluding hydrogens is 364 g/mol. The van der Waals surface area contributed by atoms with Gasteiger partial charge in [0.2, 0.25) is 5.91 Å². The zero-order chi connectivity index (χ0) is 19.1. The van der Waals surface area contributed by atoms with E-state index in [1.54, 1.807) is 21.9 Å². The standard InChI is InChI=1S/C20H29ClN4O2/c21-16-6-8-18(9-7-16)25-15-17(14-19(25)26)23-20(27)22-10-5-13-24-11-3-1-2-4-12-24/h6-9,17H,1-5,10-15H2,(H2,22,23,27)/p+1/t17-/m0/s1. The van der Waals surface area contributed by atoms with Crippen LogP contribution in [0, 0.1) is 0 Å². The smallest absolute Gasteiger partial charge is 0.315 e. The van der Waals surface area contributed by atoms with Crippen molar-refractivity contribution in [1.82, 2.24) is 10.6 Å². The first-order valence-electron chi connectivity index (χ1n) is 10.1. The van der Waals surface area contributed by atoms with E-state index in [9.17, 15) is 9.59 Å². The van der Waals surface area contributed by atoms with Crippen LogP contribution >= 0.6 is 11.6 Å². The molecule has 0 spiro atoms. The lowest BCUT2D eigenvalue weighted by Gasteiger charge is -2.18. The van der Waals surface area contributed by atoms with Crippen molar-refractivity contribution in [2.45, 2.75) is 44.6 Å². The Hall–Kier alpha value is -1.79. The second kappa shape index (κ2) is 9.95. The molecule has 1 atom stereocenters. The van der Waals surface area contributed by atoms with Gasteiger partial charge in [0, 0.05) is 36.6 Å². The first-order valence-corrected chi connectivity index (χ1v) is 10.4. The topological polar surface area (TPSA) is 65.9 Å². The van der Waals surface area contributed by atoms with E-state index in [1.807, 2.05) is 12.1 Å². The molecule has 1 aromatic carbocycles. The van der Waals surface area contributed by atoms with E-state index in [1.165, 1.54) is 38.8 Å². The summed E-state index contributed by atoms with van der Waals surface area (Å²) in [5, 5.41) is 6.49. The van der Waals surface area contributed by atoms with Crippen LogP contribution in [0.25, 0.3) is 0 Å². The van der Waals surface area contributed by atoms with E-state index in [2.05, 4.69) is 10.6 Å². The Morgan fingerprint density at radius 1 is 1.15 bits per heavy atom. The fourth-order valence-corrected chi connectivity index (χ4v) is 4.06. The molecule has 3 rings (SSSR count). The summed E-state index contributed by atoms with van der Waals surface area (Å²) in [7, 11) is 0. The summed E-state index contributed by atoms with van der Waals surface area (Å²) in [5.41, 5.74) is 0.814. The number of rotatable bonds is 6. The van der Waals surface area contributed by atoms with Gasteiger partial charge in [-0.3, -0.25) is 4.79 Å². The van der Waals surface area contributed by atoms with Crippen LogP contribution in [-0.2, 0) is 4.79 Å². The molecule has 0 unspecified atom stereocenters. The van der Waals surface area contributed by atoms with Crippen LogP contribution in [0.2, 0.25) is 5.02 Å². The molecule has 0 saturated carbocycles. The van der Waals surface area contributed by atoms with Crippen LogP contribution < -0.4 is 20.4 Å². The number of nitrogens with zero attached hydrogens (tertiary/aromatic N) is 1. The lowest BCUT2D eigenvalue weighted by molar-refractivity contribution is -0.899. The minimum absolute atomic E-state index is 0.0207. The van der Waals surface area contributed by atoms with Gasteiger partial charge in [-0.15, -0.1) is 0 Å². The Bertz CT molecular complexity index is 629. The van der Waals surface area contributed by atoms with Crippen molar-refractivity contribution in [3.05, 3.63) is 29.3 Å². The fourth-order valence-electron chi connectivity index (χ4n) is 3.93. The zero-order valence-electron chi connectivity index (χ0n) is 15.8. The molecular formula is C20H30ClN4O2+. The molecule has 3 N–H and O–H groups in total. The number of halogens is 1. The molecule has 6 nitrogen and oxygen atoms in total. The fraction of sp³-hybridized carbons (Fsp3) is 0.600. The third-order valence-corrected chi connectivity index (χ3v) is 5.65. The number of hydrogen-bond acceptors (Lipinski definition) is 2. The molecule has 0 radical (unpaired) electrons. The SMILES string of the molecule is O=C(NCCC[NH+]1CCCCCC1)N[C@H]1CC(=O)N(c2ccc(Cl)cc2)C1. The van der Waals surface area contributed by atoms with Crippen LogP contribution in [0.1, 0.15) is 38.5 Å². The maximum atomic E-state index is 12.2. The second-order valence-corrected chi connectivity index (χ2v) is 7.99. The van der Waals surface area contributed by atoms with Crippen LogP contribution in [0.5, 0.6) is 0 Å². The molecule has 0 aromatic heterocycles. The molecule has 7 heteroatoms. The summed E-state index contributed by atoms with van der Waals surface area (Å²) in [6, 6.07) is 6.84. The number of urea groups is 1. The average molecular weight is 394 g/mol. The number of hydrogen-bond donors (Lipinski definition) is 3. The largest absolute Gasteiger partial charge is 0.338 e. The van der Waals surface area contributed by atoms with Crippen molar-refractivity contribution in [1.29, 1.82) is 0 Å².